The monoisotopic (exact) mass is 306 g/mol. The highest BCUT2D eigenvalue weighted by atomic mass is 35.5. The van der Waals surface area contributed by atoms with Gasteiger partial charge in [-0.05, 0) is 31.2 Å². The summed E-state index contributed by atoms with van der Waals surface area (Å²) in [7, 11) is 1.61. The zero-order chi connectivity index (χ0) is 15.6. The lowest BCUT2D eigenvalue weighted by Crippen LogP contribution is -2.30. The molecule has 0 fully saturated rings. The standard InChI is InChI=1S/C16H16ClFN2O/c1-10(12-5-3-4-6-14(12)18)20(2)16(21)13-9-11(17)7-8-15(13)19/h3-10H,19H2,1-2H3. The Balaban J connectivity index is 2.31. The van der Waals surface area contributed by atoms with Crippen molar-refractivity contribution in [2.24, 2.45) is 0 Å². The van der Waals surface area contributed by atoms with E-state index in [0.717, 1.165) is 0 Å². The van der Waals surface area contributed by atoms with E-state index in [0.29, 0.717) is 21.8 Å². The molecule has 0 bridgehead atoms. The van der Waals surface area contributed by atoms with Crippen molar-refractivity contribution in [2.45, 2.75) is 13.0 Å². The summed E-state index contributed by atoms with van der Waals surface area (Å²) < 4.78 is 13.8. The van der Waals surface area contributed by atoms with Gasteiger partial charge in [-0.1, -0.05) is 29.8 Å². The Morgan fingerprint density at radius 3 is 2.62 bits per heavy atom. The molecule has 3 nitrogen and oxygen atoms in total. The summed E-state index contributed by atoms with van der Waals surface area (Å²) in [6.07, 6.45) is 0. The van der Waals surface area contributed by atoms with Crippen LogP contribution >= 0.6 is 11.6 Å². The number of nitrogens with two attached hydrogens (primary N) is 1. The topological polar surface area (TPSA) is 46.3 Å². The van der Waals surface area contributed by atoms with Gasteiger partial charge in [0.1, 0.15) is 5.82 Å². The van der Waals surface area contributed by atoms with Crippen LogP contribution in [0.2, 0.25) is 5.02 Å². The molecule has 0 aliphatic carbocycles. The molecule has 2 aromatic carbocycles. The second-order valence-corrected chi connectivity index (χ2v) is 5.28. The molecule has 0 spiro atoms. The zero-order valence-electron chi connectivity index (χ0n) is 11.8. The zero-order valence-corrected chi connectivity index (χ0v) is 12.6. The molecule has 0 heterocycles. The molecule has 0 saturated carbocycles. The summed E-state index contributed by atoms with van der Waals surface area (Å²) in [4.78, 5) is 14.0. The minimum absolute atomic E-state index is 0.300. The van der Waals surface area contributed by atoms with Crippen LogP contribution in [0.15, 0.2) is 42.5 Å². The molecular formula is C16H16ClFN2O. The molecule has 0 saturated heterocycles. The Hall–Kier alpha value is -2.07. The number of hydrogen-bond donors (Lipinski definition) is 1. The van der Waals surface area contributed by atoms with Crippen molar-refractivity contribution < 1.29 is 9.18 Å². The fourth-order valence-electron chi connectivity index (χ4n) is 2.10. The predicted molar refractivity (Wildman–Crippen MR) is 82.8 cm³/mol. The van der Waals surface area contributed by atoms with Gasteiger partial charge in [-0.15, -0.1) is 0 Å². The number of benzene rings is 2. The SMILES string of the molecule is CC(c1ccccc1F)N(C)C(=O)c1cc(Cl)ccc1N. The van der Waals surface area contributed by atoms with Crippen LogP contribution in [0.4, 0.5) is 10.1 Å². The molecule has 21 heavy (non-hydrogen) atoms. The molecule has 110 valence electrons. The number of amides is 1. The van der Waals surface area contributed by atoms with Crippen LogP contribution in [0.1, 0.15) is 28.9 Å². The summed E-state index contributed by atoms with van der Waals surface area (Å²) in [5.74, 6) is -0.644. The lowest BCUT2D eigenvalue weighted by molar-refractivity contribution is 0.0741. The van der Waals surface area contributed by atoms with Gasteiger partial charge in [-0.3, -0.25) is 4.79 Å². The summed E-state index contributed by atoms with van der Waals surface area (Å²) in [6.45, 7) is 1.76. The highest BCUT2D eigenvalue weighted by Gasteiger charge is 2.22. The first-order valence-corrected chi connectivity index (χ1v) is 6.86. The Kier molecular flexibility index (Phi) is 4.48. The maximum atomic E-state index is 13.8. The maximum absolute atomic E-state index is 13.8. The fraction of sp³-hybridized carbons (Fsp3) is 0.188. The molecule has 2 N–H and O–H groups in total. The highest BCUT2D eigenvalue weighted by molar-refractivity contribution is 6.31. The van der Waals surface area contributed by atoms with E-state index < -0.39 is 6.04 Å². The van der Waals surface area contributed by atoms with E-state index in [-0.39, 0.29) is 11.7 Å². The number of nitrogen functional groups attached to an aromatic ring is 1. The minimum atomic E-state index is -0.419. The second-order valence-electron chi connectivity index (χ2n) is 4.85. The van der Waals surface area contributed by atoms with Crippen LogP contribution in [0.3, 0.4) is 0 Å². The molecular weight excluding hydrogens is 291 g/mol. The Morgan fingerprint density at radius 2 is 1.95 bits per heavy atom. The van der Waals surface area contributed by atoms with Crippen molar-refractivity contribution >= 4 is 23.2 Å². The summed E-state index contributed by atoms with van der Waals surface area (Å²) in [6, 6.07) is 10.7. The highest BCUT2D eigenvalue weighted by Crippen LogP contribution is 2.26. The Labute approximate surface area is 128 Å². The lowest BCUT2D eigenvalue weighted by Gasteiger charge is -2.26. The first kappa shape index (κ1) is 15.3. The van der Waals surface area contributed by atoms with Crippen molar-refractivity contribution in [2.75, 3.05) is 12.8 Å². The minimum Gasteiger partial charge on any atom is -0.398 e. The van der Waals surface area contributed by atoms with E-state index in [9.17, 15) is 9.18 Å². The number of carbonyl (C=O) groups is 1. The van der Waals surface area contributed by atoms with Crippen molar-refractivity contribution in [3.63, 3.8) is 0 Å². The predicted octanol–water partition coefficient (Wildman–Crippen LogP) is 3.89. The van der Waals surface area contributed by atoms with Gasteiger partial charge in [0.05, 0.1) is 11.6 Å². The van der Waals surface area contributed by atoms with E-state index in [1.807, 2.05) is 0 Å². The van der Waals surface area contributed by atoms with Crippen LogP contribution < -0.4 is 5.73 Å². The van der Waals surface area contributed by atoms with Gasteiger partial charge in [-0.25, -0.2) is 4.39 Å². The molecule has 0 radical (unpaired) electrons. The largest absolute Gasteiger partial charge is 0.398 e. The number of carbonyl (C=O) groups excluding carboxylic acids is 1. The third-order valence-electron chi connectivity index (χ3n) is 3.50. The first-order chi connectivity index (χ1) is 9.91. The Morgan fingerprint density at radius 1 is 1.29 bits per heavy atom. The summed E-state index contributed by atoms with van der Waals surface area (Å²) in [5.41, 5.74) is 6.93. The Bertz CT molecular complexity index is 675. The van der Waals surface area contributed by atoms with E-state index >= 15 is 0 Å². The third-order valence-corrected chi connectivity index (χ3v) is 3.74. The van der Waals surface area contributed by atoms with Gasteiger partial charge < -0.3 is 10.6 Å². The normalized spacial score (nSPS) is 12.0. The van der Waals surface area contributed by atoms with Crippen LogP contribution in [-0.2, 0) is 0 Å². The summed E-state index contributed by atoms with van der Waals surface area (Å²) >= 11 is 5.90. The molecule has 2 aromatic rings. The van der Waals surface area contributed by atoms with E-state index in [1.54, 1.807) is 44.3 Å². The lowest BCUT2D eigenvalue weighted by atomic mass is 10.1. The van der Waals surface area contributed by atoms with Crippen molar-refractivity contribution in [1.82, 2.24) is 4.90 Å². The number of nitrogens with zero attached hydrogens (tertiary/aromatic N) is 1. The van der Waals surface area contributed by atoms with Crippen molar-refractivity contribution in [1.29, 1.82) is 0 Å². The van der Waals surface area contributed by atoms with E-state index in [1.165, 1.54) is 17.0 Å². The van der Waals surface area contributed by atoms with Crippen molar-refractivity contribution in [3.05, 3.63) is 64.4 Å². The molecule has 0 aromatic heterocycles. The number of halogens is 2. The molecule has 2 rings (SSSR count). The van der Waals surface area contributed by atoms with Gasteiger partial charge in [-0.2, -0.15) is 0 Å². The number of anilines is 1. The van der Waals surface area contributed by atoms with Gasteiger partial charge in [0.2, 0.25) is 0 Å². The van der Waals surface area contributed by atoms with Gasteiger partial charge in [0, 0.05) is 23.3 Å². The number of rotatable bonds is 3. The number of hydrogen-bond acceptors (Lipinski definition) is 2. The van der Waals surface area contributed by atoms with E-state index in [4.69, 9.17) is 17.3 Å². The molecule has 1 unspecified atom stereocenters. The molecule has 1 atom stereocenters. The third kappa shape index (κ3) is 3.16. The van der Waals surface area contributed by atoms with E-state index in [2.05, 4.69) is 0 Å². The van der Waals surface area contributed by atoms with Crippen molar-refractivity contribution in [3.8, 4) is 0 Å². The maximum Gasteiger partial charge on any atom is 0.256 e. The van der Waals surface area contributed by atoms with Gasteiger partial charge >= 0.3 is 0 Å². The van der Waals surface area contributed by atoms with Gasteiger partial charge in [0.25, 0.3) is 5.91 Å². The molecule has 5 heteroatoms. The molecule has 1 amide bonds. The molecule has 0 aliphatic heterocycles. The van der Waals surface area contributed by atoms with Gasteiger partial charge in [0.15, 0.2) is 0 Å². The molecule has 0 aliphatic rings. The quantitative estimate of drug-likeness (QED) is 0.874. The van der Waals surface area contributed by atoms with Crippen LogP contribution in [-0.4, -0.2) is 17.9 Å². The average molecular weight is 307 g/mol. The average Bonchev–Trinajstić information content (AvgIpc) is 2.48. The first-order valence-electron chi connectivity index (χ1n) is 6.48. The summed E-state index contributed by atoms with van der Waals surface area (Å²) in [5, 5.41) is 0.430. The fourth-order valence-corrected chi connectivity index (χ4v) is 2.27. The van der Waals surface area contributed by atoms with Crippen LogP contribution in [0.25, 0.3) is 0 Å². The smallest absolute Gasteiger partial charge is 0.256 e. The second kappa shape index (κ2) is 6.14. The van der Waals surface area contributed by atoms with Crippen LogP contribution in [0.5, 0.6) is 0 Å². The van der Waals surface area contributed by atoms with Crippen LogP contribution in [0, 0.1) is 5.82 Å².